The maximum atomic E-state index is 13.0. The lowest BCUT2D eigenvalue weighted by atomic mass is 10.00. The van der Waals surface area contributed by atoms with Gasteiger partial charge < -0.3 is 14.8 Å². The summed E-state index contributed by atoms with van der Waals surface area (Å²) in [5.41, 5.74) is 1.97. The van der Waals surface area contributed by atoms with Gasteiger partial charge in [0.15, 0.2) is 11.5 Å². The Labute approximate surface area is 176 Å². The van der Waals surface area contributed by atoms with Crippen molar-refractivity contribution in [3.63, 3.8) is 0 Å². The molecule has 1 aliphatic rings. The summed E-state index contributed by atoms with van der Waals surface area (Å²) in [6.07, 6.45) is 2.09. The minimum atomic E-state index is -3.84. The highest BCUT2D eigenvalue weighted by molar-refractivity contribution is 7.87. The topological polar surface area (TPSA) is 115 Å². The van der Waals surface area contributed by atoms with Gasteiger partial charge in [-0.15, -0.1) is 0 Å². The van der Waals surface area contributed by atoms with Crippen LogP contribution >= 0.6 is 0 Å². The lowest BCUT2D eigenvalue weighted by Gasteiger charge is -2.36. The maximum absolute atomic E-state index is 13.0. The molecule has 2 atom stereocenters. The van der Waals surface area contributed by atoms with Gasteiger partial charge in [-0.05, 0) is 32.4 Å². The minimum absolute atomic E-state index is 0.269. The number of hydrogen-bond donors (Lipinski definition) is 2. The Balaban J connectivity index is 1.85. The number of methoxy groups -OCH3 is 2. The third kappa shape index (κ3) is 4.27. The fourth-order valence-corrected chi connectivity index (χ4v) is 4.76. The first-order chi connectivity index (χ1) is 14.2. The summed E-state index contributed by atoms with van der Waals surface area (Å²) in [7, 11) is 0.568. The van der Waals surface area contributed by atoms with Crippen molar-refractivity contribution < 1.29 is 22.7 Å². The van der Waals surface area contributed by atoms with Crippen LogP contribution in [0.3, 0.4) is 0 Å². The second-order valence-electron chi connectivity index (χ2n) is 7.03. The van der Waals surface area contributed by atoms with Crippen LogP contribution in [-0.2, 0) is 21.5 Å². The molecule has 3 rings (SSSR count). The number of carbonyl (C=O) groups is 1. The van der Waals surface area contributed by atoms with Crippen LogP contribution in [0.5, 0.6) is 11.5 Å². The van der Waals surface area contributed by atoms with Crippen molar-refractivity contribution >= 4 is 21.8 Å². The predicted molar refractivity (Wildman–Crippen MR) is 112 cm³/mol. The average Bonchev–Trinajstić information content (AvgIpc) is 3.10. The molecule has 0 spiro atoms. The third-order valence-corrected chi connectivity index (χ3v) is 6.80. The normalized spacial score (nSPS) is 21.2. The molecule has 0 radical (unpaired) electrons. The van der Waals surface area contributed by atoms with Crippen LogP contribution in [-0.4, -0.2) is 55.7 Å². The largest absolute Gasteiger partial charge is 0.493 e. The number of nitrogens with zero attached hydrogens (tertiary/aromatic N) is 3. The van der Waals surface area contributed by atoms with E-state index in [2.05, 4.69) is 15.1 Å². The quantitative estimate of drug-likeness (QED) is 0.707. The molecule has 1 aromatic heterocycles. The highest BCUT2D eigenvalue weighted by atomic mass is 32.2. The molecule has 0 aliphatic carbocycles. The Morgan fingerprint density at radius 2 is 2.00 bits per heavy atom. The van der Waals surface area contributed by atoms with E-state index in [9.17, 15) is 13.2 Å². The molecule has 164 valence electrons. The molecule has 1 aliphatic heterocycles. The lowest BCUT2D eigenvalue weighted by Crippen LogP contribution is -2.56. The molecule has 0 bridgehead atoms. The number of carbonyl (C=O) groups excluding carboxylic acids is 1. The van der Waals surface area contributed by atoms with Gasteiger partial charge in [-0.3, -0.25) is 9.48 Å². The number of amides is 1. The van der Waals surface area contributed by atoms with Gasteiger partial charge in [0.1, 0.15) is 6.04 Å². The van der Waals surface area contributed by atoms with Gasteiger partial charge in [0.25, 0.3) is 10.2 Å². The number of hydrogen-bond acceptors (Lipinski definition) is 6. The van der Waals surface area contributed by atoms with E-state index in [-0.39, 0.29) is 6.42 Å². The molecule has 2 heterocycles. The van der Waals surface area contributed by atoms with Crippen LogP contribution in [0.2, 0.25) is 0 Å². The van der Waals surface area contributed by atoms with Gasteiger partial charge in [-0.2, -0.15) is 22.5 Å². The van der Waals surface area contributed by atoms with Crippen molar-refractivity contribution in [1.82, 2.24) is 18.8 Å². The molecular formula is C19H27N5O5S. The van der Waals surface area contributed by atoms with E-state index in [1.54, 1.807) is 22.9 Å². The Morgan fingerprint density at radius 1 is 1.30 bits per heavy atom. The summed E-state index contributed by atoms with van der Waals surface area (Å²) < 4.78 is 41.3. The summed E-state index contributed by atoms with van der Waals surface area (Å²) >= 11 is 0. The van der Waals surface area contributed by atoms with Crippen LogP contribution in [0.1, 0.15) is 30.6 Å². The SMILES string of the molecule is CCn1cc(C2CC(C(=O)Nc3ccc(OC)c(OC)c3)N(C)S(=O)(=O)N2)c(C)n1. The van der Waals surface area contributed by atoms with Crippen molar-refractivity contribution in [2.24, 2.45) is 0 Å². The monoisotopic (exact) mass is 437 g/mol. The first-order valence-electron chi connectivity index (χ1n) is 9.52. The van der Waals surface area contributed by atoms with Gasteiger partial charge in [0, 0.05) is 37.1 Å². The molecule has 11 heteroatoms. The average molecular weight is 438 g/mol. The Morgan fingerprint density at radius 3 is 2.60 bits per heavy atom. The van der Waals surface area contributed by atoms with E-state index in [0.717, 1.165) is 15.6 Å². The number of aromatic nitrogens is 2. The van der Waals surface area contributed by atoms with Gasteiger partial charge in [-0.25, -0.2) is 0 Å². The van der Waals surface area contributed by atoms with Crippen LogP contribution in [0.4, 0.5) is 5.69 Å². The number of ether oxygens (including phenoxy) is 2. The van der Waals surface area contributed by atoms with E-state index < -0.39 is 28.2 Å². The van der Waals surface area contributed by atoms with E-state index >= 15 is 0 Å². The number of likely N-dealkylation sites (N-methyl/N-ethyl adjacent to an activating group) is 1. The van der Waals surface area contributed by atoms with Crippen molar-refractivity contribution in [2.45, 2.75) is 38.9 Å². The molecule has 10 nitrogen and oxygen atoms in total. The molecule has 1 aromatic carbocycles. The molecule has 0 saturated carbocycles. The van der Waals surface area contributed by atoms with Crippen molar-refractivity contribution in [3.05, 3.63) is 35.7 Å². The van der Waals surface area contributed by atoms with Crippen LogP contribution in [0.15, 0.2) is 24.4 Å². The van der Waals surface area contributed by atoms with Crippen molar-refractivity contribution in [2.75, 3.05) is 26.6 Å². The second-order valence-corrected chi connectivity index (χ2v) is 8.79. The summed E-state index contributed by atoms with van der Waals surface area (Å²) in [6.45, 7) is 4.45. The number of aryl methyl sites for hydroxylation is 2. The predicted octanol–water partition coefficient (Wildman–Crippen LogP) is 1.45. The van der Waals surface area contributed by atoms with Gasteiger partial charge in [0.2, 0.25) is 5.91 Å². The number of rotatable bonds is 6. The standard InChI is InChI=1S/C19H27N5O5S/c1-6-24-11-14(12(2)21-24)15-10-16(23(3)30(26,27)22-15)19(25)20-13-7-8-17(28-4)18(9-13)29-5/h7-9,11,15-16,22H,6,10H2,1-5H3,(H,20,25). The Bertz CT molecular complexity index is 1040. The van der Waals surface area contributed by atoms with Crippen molar-refractivity contribution in [3.8, 4) is 11.5 Å². The molecule has 2 aromatic rings. The fourth-order valence-electron chi connectivity index (χ4n) is 3.49. The first-order valence-corrected chi connectivity index (χ1v) is 11.0. The summed E-state index contributed by atoms with van der Waals surface area (Å²) in [5.74, 6) is 0.558. The van der Waals surface area contributed by atoms with E-state index in [0.29, 0.717) is 23.7 Å². The van der Waals surface area contributed by atoms with E-state index in [1.807, 2.05) is 20.0 Å². The Kier molecular flexibility index (Phi) is 6.34. The minimum Gasteiger partial charge on any atom is -0.493 e. The molecule has 2 unspecified atom stereocenters. The molecule has 1 saturated heterocycles. The Hall–Kier alpha value is -2.63. The molecule has 30 heavy (non-hydrogen) atoms. The lowest BCUT2D eigenvalue weighted by molar-refractivity contribution is -0.120. The van der Waals surface area contributed by atoms with Gasteiger partial charge in [-0.1, -0.05) is 0 Å². The second kappa shape index (κ2) is 8.62. The fraction of sp³-hybridized carbons (Fsp3) is 0.474. The van der Waals surface area contributed by atoms with E-state index in [4.69, 9.17) is 9.47 Å². The number of benzene rings is 1. The van der Waals surface area contributed by atoms with Gasteiger partial charge in [0.05, 0.1) is 26.0 Å². The summed E-state index contributed by atoms with van der Waals surface area (Å²) in [5, 5.41) is 7.17. The number of anilines is 1. The molecular weight excluding hydrogens is 410 g/mol. The number of nitrogens with one attached hydrogen (secondary N) is 2. The maximum Gasteiger partial charge on any atom is 0.280 e. The highest BCUT2D eigenvalue weighted by Gasteiger charge is 2.41. The van der Waals surface area contributed by atoms with E-state index in [1.165, 1.54) is 21.3 Å². The molecule has 1 fully saturated rings. The van der Waals surface area contributed by atoms with Crippen molar-refractivity contribution in [1.29, 1.82) is 0 Å². The zero-order chi connectivity index (χ0) is 22.1. The van der Waals surface area contributed by atoms with Gasteiger partial charge >= 0.3 is 0 Å². The van der Waals surface area contributed by atoms with Crippen LogP contribution in [0.25, 0.3) is 0 Å². The zero-order valence-corrected chi connectivity index (χ0v) is 18.5. The summed E-state index contributed by atoms with van der Waals surface area (Å²) in [6, 6.07) is 3.52. The smallest absolute Gasteiger partial charge is 0.280 e. The molecule has 1 amide bonds. The van der Waals surface area contributed by atoms with Crippen LogP contribution < -0.4 is 19.5 Å². The summed E-state index contributed by atoms with van der Waals surface area (Å²) in [4.78, 5) is 13.0. The molecule has 2 N–H and O–H groups in total. The third-order valence-electron chi connectivity index (χ3n) is 5.21. The first kappa shape index (κ1) is 22.1. The highest BCUT2D eigenvalue weighted by Crippen LogP contribution is 2.32. The van der Waals surface area contributed by atoms with Crippen LogP contribution in [0, 0.1) is 6.92 Å². The zero-order valence-electron chi connectivity index (χ0n) is 17.7.